The molecule has 1 aliphatic rings. The Morgan fingerprint density at radius 2 is 1.50 bits per heavy atom. The Bertz CT molecular complexity index is 143. The molecule has 0 amide bonds. The van der Waals surface area contributed by atoms with Crippen LogP contribution >= 0.6 is 0 Å². The van der Waals surface area contributed by atoms with Crippen molar-refractivity contribution in [3.63, 3.8) is 0 Å². The largest absolute Gasteiger partial charge is 0.714 e. The van der Waals surface area contributed by atoms with Gasteiger partial charge in [0.2, 0.25) is 13.2 Å². The van der Waals surface area contributed by atoms with Crippen LogP contribution in [0.5, 0.6) is 0 Å². The summed E-state index contributed by atoms with van der Waals surface area (Å²) in [5, 5.41) is 0. The van der Waals surface area contributed by atoms with Crippen molar-refractivity contribution in [2.45, 2.75) is 0 Å². The predicted molar refractivity (Wildman–Crippen MR) is 33.4 cm³/mol. The lowest BCUT2D eigenvalue weighted by Crippen LogP contribution is -2.02. The Labute approximate surface area is 66.1 Å². The summed E-state index contributed by atoms with van der Waals surface area (Å²) in [7, 11) is -4.49. The molecule has 72 valence electrons. The average Bonchev–Trinajstić information content (AvgIpc) is 2.33. The third kappa shape index (κ3) is 9.05. The minimum absolute atomic E-state index is 0.292. The lowest BCUT2D eigenvalue weighted by atomic mass is 10.3. The van der Waals surface area contributed by atoms with Gasteiger partial charge in [0.05, 0.1) is 0 Å². The molecule has 0 saturated carbocycles. The second kappa shape index (κ2) is 4.84. The van der Waals surface area contributed by atoms with E-state index in [0.717, 1.165) is 0 Å². The van der Waals surface area contributed by atoms with Gasteiger partial charge in [-0.05, 0) is 0 Å². The molecule has 0 aromatic rings. The van der Waals surface area contributed by atoms with Crippen LogP contribution < -0.4 is 0 Å². The fourth-order valence-corrected chi connectivity index (χ4v) is 0.410. The highest BCUT2D eigenvalue weighted by molar-refractivity contribution is 6.50. The summed E-state index contributed by atoms with van der Waals surface area (Å²) in [6.07, 6.45) is 0.292. The van der Waals surface area contributed by atoms with Crippen molar-refractivity contribution in [1.82, 2.24) is 0 Å². The van der Waals surface area contributed by atoms with Gasteiger partial charge in [-0.25, -0.2) is 0 Å². The molecule has 3 nitrogen and oxygen atoms in total. The second-order valence-electron chi connectivity index (χ2n) is 1.65. The maximum atomic E-state index is 9.75. The number of carbonyl (C=O) groups excluding carboxylic acids is 1. The maximum Gasteiger partial charge on any atom is 0.714 e. The van der Waals surface area contributed by atoms with Crippen LogP contribution in [-0.4, -0.2) is 33.7 Å². The first kappa shape index (κ1) is 11.1. The molecule has 1 saturated heterocycles. The van der Waals surface area contributed by atoms with Crippen molar-refractivity contribution in [3.8, 4) is 0 Å². The lowest BCUT2D eigenvalue weighted by Gasteiger charge is -1.94. The third-order valence-electron chi connectivity index (χ3n) is 0.690. The van der Waals surface area contributed by atoms with E-state index in [1.807, 2.05) is 0 Å². The summed E-state index contributed by atoms with van der Waals surface area (Å²) >= 11 is 0. The number of ether oxygens (including phenoxy) is 2. The van der Waals surface area contributed by atoms with Crippen LogP contribution in [0.2, 0.25) is 0 Å². The molecule has 0 N–H and O–H groups in total. The standard InChI is InChI=1S/C4H7O3.BF4/c1-5-4-6-2-3-7-4;2-1(3,4)5/h2-3H2,1H3;/q+1;-1. The molecular formula is C4H7BF4O3. The Kier molecular flexibility index (Phi) is 4.46. The minimum Gasteiger partial charge on any atom is -0.418 e. The summed E-state index contributed by atoms with van der Waals surface area (Å²) in [5.41, 5.74) is 0. The number of hydrogen-bond donors (Lipinski definition) is 0. The van der Waals surface area contributed by atoms with E-state index in [4.69, 9.17) is 9.47 Å². The first-order chi connectivity index (χ1) is 5.43. The van der Waals surface area contributed by atoms with Gasteiger partial charge in [-0.2, -0.15) is 0 Å². The Morgan fingerprint density at radius 3 is 1.67 bits per heavy atom. The first-order valence-electron chi connectivity index (χ1n) is 2.97. The van der Waals surface area contributed by atoms with Crippen molar-refractivity contribution < 1.29 is 31.2 Å². The average molecular weight is 190 g/mol. The van der Waals surface area contributed by atoms with Crippen molar-refractivity contribution in [2.24, 2.45) is 0 Å². The van der Waals surface area contributed by atoms with Crippen LogP contribution in [0.25, 0.3) is 0 Å². The molecule has 0 aliphatic carbocycles. The van der Waals surface area contributed by atoms with Crippen LogP contribution in [0, 0.1) is 0 Å². The molecule has 1 fully saturated rings. The summed E-state index contributed by atoms with van der Waals surface area (Å²) < 4.78 is 53.1. The lowest BCUT2D eigenvalue weighted by molar-refractivity contribution is -0.123. The maximum absolute atomic E-state index is 9.75. The molecule has 8 heteroatoms. The van der Waals surface area contributed by atoms with Gasteiger partial charge in [-0.1, -0.05) is 0 Å². The van der Waals surface area contributed by atoms with Gasteiger partial charge in [-0.15, -0.1) is 0 Å². The predicted octanol–water partition coefficient (Wildman–Crippen LogP) is 1.62. The highest BCUT2D eigenvalue weighted by Crippen LogP contribution is 2.06. The van der Waals surface area contributed by atoms with Crippen LogP contribution in [0.4, 0.5) is 21.7 Å². The molecule has 0 unspecified atom stereocenters. The summed E-state index contributed by atoms with van der Waals surface area (Å²) in [6.45, 7) is 1.23. The number of rotatable bonds is 0. The Hall–Kier alpha value is -0.945. The van der Waals surface area contributed by atoms with E-state index in [9.17, 15) is 17.3 Å². The van der Waals surface area contributed by atoms with Gasteiger partial charge < -0.3 is 31.2 Å². The van der Waals surface area contributed by atoms with E-state index in [2.05, 4.69) is 4.42 Å². The summed E-state index contributed by atoms with van der Waals surface area (Å²) in [6, 6.07) is 0. The van der Waals surface area contributed by atoms with E-state index in [1.165, 1.54) is 7.11 Å². The fourth-order valence-electron chi connectivity index (χ4n) is 0.410. The molecule has 0 aromatic heterocycles. The topological polar surface area (TPSA) is 29.8 Å². The fraction of sp³-hybridized carbons (Fsp3) is 0.750. The quantitative estimate of drug-likeness (QED) is 0.251. The molecule has 12 heavy (non-hydrogen) atoms. The van der Waals surface area contributed by atoms with Crippen LogP contribution in [0.15, 0.2) is 0 Å². The van der Waals surface area contributed by atoms with Gasteiger partial charge in [0.15, 0.2) is 0 Å². The van der Waals surface area contributed by atoms with Crippen molar-refractivity contribution in [2.75, 3.05) is 20.3 Å². The van der Waals surface area contributed by atoms with E-state index < -0.39 is 7.25 Å². The number of hydrogen-bond acceptors (Lipinski definition) is 2. The normalized spacial score (nSPS) is 15.6. The molecule has 1 rings (SSSR count). The zero-order valence-corrected chi connectivity index (χ0v) is 6.23. The van der Waals surface area contributed by atoms with Gasteiger partial charge in [0, 0.05) is 0 Å². The van der Waals surface area contributed by atoms with Gasteiger partial charge in [0.25, 0.3) is 0 Å². The molecule has 0 spiro atoms. The minimum atomic E-state index is -6.00. The van der Waals surface area contributed by atoms with E-state index in [1.54, 1.807) is 0 Å². The Balaban J connectivity index is 0.000000217. The molecular weight excluding hydrogens is 183 g/mol. The van der Waals surface area contributed by atoms with Crippen LogP contribution in [0.3, 0.4) is 0 Å². The second-order valence-corrected chi connectivity index (χ2v) is 1.65. The van der Waals surface area contributed by atoms with Gasteiger partial charge in [0.1, 0.15) is 7.11 Å². The van der Waals surface area contributed by atoms with E-state index in [0.29, 0.717) is 19.4 Å². The van der Waals surface area contributed by atoms with Crippen molar-refractivity contribution in [1.29, 1.82) is 0 Å². The molecule has 0 bridgehead atoms. The molecule has 1 heterocycles. The molecule has 0 radical (unpaired) electrons. The van der Waals surface area contributed by atoms with E-state index >= 15 is 0 Å². The summed E-state index contributed by atoms with van der Waals surface area (Å²) in [4.78, 5) is 0. The molecule has 0 atom stereocenters. The van der Waals surface area contributed by atoms with Crippen molar-refractivity contribution >= 4 is 13.4 Å². The molecule has 1 aliphatic heterocycles. The smallest absolute Gasteiger partial charge is 0.418 e. The van der Waals surface area contributed by atoms with Crippen LogP contribution in [0.1, 0.15) is 0 Å². The Morgan fingerprint density at radius 1 is 1.17 bits per heavy atom. The SMILES string of the molecule is C[O+]=C1OCCO1.F[B-](F)(F)F. The number of halogens is 4. The third-order valence-corrected chi connectivity index (χ3v) is 0.690. The highest BCUT2D eigenvalue weighted by atomic mass is 19.5. The van der Waals surface area contributed by atoms with Crippen molar-refractivity contribution in [3.05, 3.63) is 0 Å². The summed E-state index contributed by atoms with van der Waals surface area (Å²) in [5.74, 6) is 0. The zero-order valence-electron chi connectivity index (χ0n) is 6.23. The van der Waals surface area contributed by atoms with Crippen LogP contribution in [-0.2, 0) is 9.47 Å². The number of cyclic esters (lactones) is 2. The van der Waals surface area contributed by atoms with Gasteiger partial charge >= 0.3 is 13.4 Å². The zero-order chi connectivity index (χ0) is 9.61. The first-order valence-corrected chi connectivity index (χ1v) is 2.97. The monoisotopic (exact) mass is 190 g/mol. The molecule has 0 aromatic carbocycles. The highest BCUT2D eigenvalue weighted by Gasteiger charge is 2.24. The van der Waals surface area contributed by atoms with Gasteiger partial charge in [-0.3, -0.25) is 0 Å². The van der Waals surface area contributed by atoms with E-state index in [-0.39, 0.29) is 0 Å².